The number of hydrogen-bond donors (Lipinski definition) is 2. The number of esters is 2. The van der Waals surface area contributed by atoms with E-state index in [1.807, 2.05) is 105 Å². The van der Waals surface area contributed by atoms with Crippen LogP contribution in [0.25, 0.3) is 0 Å². The number of nitrogens with zero attached hydrogens (tertiary/aromatic N) is 1. The van der Waals surface area contributed by atoms with E-state index >= 15 is 0 Å². The van der Waals surface area contributed by atoms with E-state index in [4.69, 9.17) is 18.9 Å². The van der Waals surface area contributed by atoms with Gasteiger partial charge in [0.15, 0.2) is 0 Å². The van der Waals surface area contributed by atoms with Crippen LogP contribution in [0.1, 0.15) is 64.2 Å². The van der Waals surface area contributed by atoms with Crippen molar-refractivity contribution >= 4 is 24.1 Å². The number of methoxy groups -OCH3 is 1. The van der Waals surface area contributed by atoms with Crippen LogP contribution in [0, 0.1) is 5.92 Å². The van der Waals surface area contributed by atoms with Crippen molar-refractivity contribution in [3.63, 3.8) is 0 Å². The molecule has 0 aliphatic rings. The van der Waals surface area contributed by atoms with Crippen LogP contribution < -0.4 is 10.6 Å². The molecule has 1 unspecified atom stereocenters. The average Bonchev–Trinajstić information content (AvgIpc) is 3.11. The molecule has 0 aromatic heterocycles. The smallest absolute Gasteiger partial charge is 0.410 e. The second-order valence-electron chi connectivity index (χ2n) is 13.8. The van der Waals surface area contributed by atoms with Gasteiger partial charge in [-0.05, 0) is 62.6 Å². The van der Waals surface area contributed by atoms with Crippen LogP contribution in [0.4, 0.5) is 9.59 Å². The fourth-order valence-corrected chi connectivity index (χ4v) is 5.34. The Hall–Kier alpha value is -4.90. The maximum Gasteiger partial charge on any atom is 0.410 e. The quantitative estimate of drug-likeness (QED) is 0.113. The lowest BCUT2D eigenvalue weighted by molar-refractivity contribution is -0.148. The van der Waals surface area contributed by atoms with Gasteiger partial charge in [-0.2, -0.15) is 0 Å². The Bertz CT molecular complexity index is 1500. The van der Waals surface area contributed by atoms with Gasteiger partial charge in [-0.1, -0.05) is 105 Å². The summed E-state index contributed by atoms with van der Waals surface area (Å²) in [6, 6.07) is 25.9. The fourth-order valence-electron chi connectivity index (χ4n) is 5.34. The summed E-state index contributed by atoms with van der Waals surface area (Å²) in [6.07, 6.45) is -0.454. The standard InChI is InChI=1S/C40H53N3O8/c1-29(2)24-35(37(45)48-6)43(39(47)50-28-32-20-14-9-15-21-32)23-22-33(26-41-38(46)51-40(3,4)5)42-34(25-30-16-10-7-11-17-30)36(44)49-27-31-18-12-8-13-19-31/h7-21,29,33-35,42H,22-28H2,1-6H3,(H,41,46)/t33?,34-,35+/m1/s1. The highest BCUT2D eigenvalue weighted by molar-refractivity contribution is 5.81. The van der Waals surface area contributed by atoms with Crippen LogP contribution in [-0.4, -0.2) is 73.0 Å². The zero-order valence-electron chi connectivity index (χ0n) is 30.6. The lowest BCUT2D eigenvalue weighted by atomic mass is 10.0. The van der Waals surface area contributed by atoms with Crippen molar-refractivity contribution in [1.29, 1.82) is 0 Å². The molecule has 0 saturated carbocycles. The highest BCUT2D eigenvalue weighted by Crippen LogP contribution is 2.18. The summed E-state index contributed by atoms with van der Waals surface area (Å²) < 4.78 is 22.1. The van der Waals surface area contributed by atoms with E-state index in [9.17, 15) is 19.2 Å². The Morgan fingerprint density at radius 1 is 0.745 bits per heavy atom. The number of nitrogens with one attached hydrogen (secondary N) is 2. The molecule has 3 atom stereocenters. The number of rotatable bonds is 18. The summed E-state index contributed by atoms with van der Waals surface area (Å²) >= 11 is 0. The maximum atomic E-state index is 13.7. The number of ether oxygens (including phenoxy) is 4. The maximum absolute atomic E-state index is 13.7. The van der Waals surface area contributed by atoms with Gasteiger partial charge in [-0.25, -0.2) is 14.4 Å². The molecule has 51 heavy (non-hydrogen) atoms. The SMILES string of the molecule is COC(=O)[C@H](CC(C)C)N(CCC(CNC(=O)OC(C)(C)C)N[C@H](Cc1ccccc1)C(=O)OCc1ccccc1)C(=O)OCc1ccccc1. The van der Waals surface area contributed by atoms with Crippen molar-refractivity contribution in [2.24, 2.45) is 5.92 Å². The molecule has 2 N–H and O–H groups in total. The first-order chi connectivity index (χ1) is 24.3. The van der Waals surface area contributed by atoms with Gasteiger partial charge in [-0.3, -0.25) is 15.0 Å². The average molecular weight is 704 g/mol. The van der Waals surface area contributed by atoms with Crippen LogP contribution in [-0.2, 0) is 48.2 Å². The molecule has 276 valence electrons. The molecule has 11 heteroatoms. The normalized spacial score (nSPS) is 13.0. The number of carbonyl (C=O) groups is 4. The van der Waals surface area contributed by atoms with Gasteiger partial charge in [0, 0.05) is 19.1 Å². The van der Waals surface area contributed by atoms with Crippen molar-refractivity contribution in [1.82, 2.24) is 15.5 Å². The van der Waals surface area contributed by atoms with Gasteiger partial charge in [-0.15, -0.1) is 0 Å². The molecule has 0 heterocycles. The summed E-state index contributed by atoms with van der Waals surface area (Å²) in [5.74, 6) is -0.990. The van der Waals surface area contributed by atoms with Crippen molar-refractivity contribution in [3.8, 4) is 0 Å². The highest BCUT2D eigenvalue weighted by Gasteiger charge is 2.34. The molecule has 11 nitrogen and oxygen atoms in total. The van der Waals surface area contributed by atoms with E-state index < -0.39 is 47.9 Å². The Labute approximate surface area is 302 Å². The molecule has 0 bridgehead atoms. The number of benzene rings is 3. The number of amides is 2. The molecule has 2 amide bonds. The molecule has 0 aliphatic carbocycles. The van der Waals surface area contributed by atoms with Crippen LogP contribution in [0.5, 0.6) is 0 Å². The van der Waals surface area contributed by atoms with Gasteiger partial charge in [0.2, 0.25) is 0 Å². The van der Waals surface area contributed by atoms with Gasteiger partial charge < -0.3 is 24.3 Å². The molecule has 3 aromatic rings. The zero-order chi connectivity index (χ0) is 37.2. The topological polar surface area (TPSA) is 132 Å². The Morgan fingerprint density at radius 2 is 1.27 bits per heavy atom. The minimum Gasteiger partial charge on any atom is -0.467 e. The second kappa shape index (κ2) is 20.7. The number of alkyl carbamates (subject to hydrolysis) is 1. The predicted molar refractivity (Wildman–Crippen MR) is 195 cm³/mol. The lowest BCUT2D eigenvalue weighted by Gasteiger charge is -2.32. The zero-order valence-corrected chi connectivity index (χ0v) is 30.6. The first-order valence-corrected chi connectivity index (χ1v) is 17.4. The van der Waals surface area contributed by atoms with E-state index in [1.165, 1.54) is 12.0 Å². The third kappa shape index (κ3) is 15.3. The fraction of sp³-hybridized carbons (Fsp3) is 0.450. The van der Waals surface area contributed by atoms with Crippen LogP contribution in [0.15, 0.2) is 91.0 Å². The van der Waals surface area contributed by atoms with Crippen molar-refractivity contribution in [2.45, 2.75) is 90.8 Å². The van der Waals surface area contributed by atoms with Gasteiger partial charge in [0.1, 0.15) is 30.9 Å². The summed E-state index contributed by atoms with van der Waals surface area (Å²) in [5.41, 5.74) is 1.81. The first kappa shape index (κ1) is 40.5. The van der Waals surface area contributed by atoms with Crippen LogP contribution in [0.3, 0.4) is 0 Å². The minimum atomic E-state index is -0.923. The molecular formula is C40H53N3O8. The molecule has 0 saturated heterocycles. The number of carbonyl (C=O) groups excluding carboxylic acids is 4. The third-order valence-corrected chi connectivity index (χ3v) is 7.82. The Balaban J connectivity index is 1.89. The first-order valence-electron chi connectivity index (χ1n) is 17.4. The second-order valence-corrected chi connectivity index (χ2v) is 13.8. The molecular weight excluding hydrogens is 650 g/mol. The summed E-state index contributed by atoms with van der Waals surface area (Å²) in [4.78, 5) is 54.6. The molecule has 3 aromatic carbocycles. The predicted octanol–water partition coefficient (Wildman–Crippen LogP) is 6.44. The molecule has 0 aliphatic heterocycles. The van der Waals surface area contributed by atoms with Gasteiger partial charge in [0.05, 0.1) is 7.11 Å². The number of hydrogen-bond acceptors (Lipinski definition) is 9. The molecule has 3 rings (SSSR count). The van der Waals surface area contributed by atoms with E-state index in [-0.39, 0.29) is 38.6 Å². The van der Waals surface area contributed by atoms with Gasteiger partial charge >= 0.3 is 24.1 Å². The largest absolute Gasteiger partial charge is 0.467 e. The summed E-state index contributed by atoms with van der Waals surface area (Å²) in [5, 5.41) is 6.19. The molecule has 0 spiro atoms. The van der Waals surface area contributed by atoms with Crippen LogP contribution >= 0.6 is 0 Å². The molecule has 0 fully saturated rings. The third-order valence-electron chi connectivity index (χ3n) is 7.82. The van der Waals surface area contributed by atoms with E-state index in [2.05, 4.69) is 10.6 Å². The Kier molecular flexibility index (Phi) is 16.4. The molecule has 0 radical (unpaired) electrons. The minimum absolute atomic E-state index is 0.0139. The Morgan fingerprint density at radius 3 is 1.78 bits per heavy atom. The summed E-state index contributed by atoms with van der Waals surface area (Å²) in [7, 11) is 1.29. The highest BCUT2D eigenvalue weighted by atomic mass is 16.6. The summed E-state index contributed by atoms with van der Waals surface area (Å²) in [6.45, 7) is 9.40. The van der Waals surface area contributed by atoms with Crippen LogP contribution in [0.2, 0.25) is 0 Å². The van der Waals surface area contributed by atoms with Crippen molar-refractivity contribution < 1.29 is 38.1 Å². The lowest BCUT2D eigenvalue weighted by Crippen LogP contribution is -2.53. The van der Waals surface area contributed by atoms with E-state index in [0.717, 1.165) is 16.7 Å². The van der Waals surface area contributed by atoms with E-state index in [1.54, 1.807) is 20.8 Å². The van der Waals surface area contributed by atoms with Gasteiger partial charge in [0.25, 0.3) is 0 Å². The monoisotopic (exact) mass is 703 g/mol. The van der Waals surface area contributed by atoms with Crippen molar-refractivity contribution in [3.05, 3.63) is 108 Å². The van der Waals surface area contributed by atoms with E-state index in [0.29, 0.717) is 12.8 Å². The van der Waals surface area contributed by atoms with Crippen molar-refractivity contribution in [2.75, 3.05) is 20.2 Å².